The fraction of sp³-hybridized carbons (Fsp3) is 0.500. The van der Waals surface area contributed by atoms with Crippen molar-refractivity contribution in [1.82, 2.24) is 10.2 Å². The third-order valence-electron chi connectivity index (χ3n) is 6.12. The molecule has 2 aromatic carbocycles. The lowest BCUT2D eigenvalue weighted by Crippen LogP contribution is -2.48. The minimum absolute atomic E-state index is 0.105. The summed E-state index contributed by atoms with van der Waals surface area (Å²) in [7, 11) is 0. The van der Waals surface area contributed by atoms with Crippen molar-refractivity contribution in [3.8, 4) is 5.75 Å². The van der Waals surface area contributed by atoms with Crippen LogP contribution >= 0.6 is 0 Å². The zero-order chi connectivity index (χ0) is 23.2. The van der Waals surface area contributed by atoms with Crippen molar-refractivity contribution in [2.75, 3.05) is 26.2 Å². The molecule has 4 rings (SSSR count). The largest absolute Gasteiger partial charge is 0.479 e. The fourth-order valence-electron chi connectivity index (χ4n) is 4.15. The first-order chi connectivity index (χ1) is 16.0. The van der Waals surface area contributed by atoms with Crippen molar-refractivity contribution in [2.24, 2.45) is 5.92 Å². The van der Waals surface area contributed by atoms with Crippen LogP contribution < -0.4 is 10.1 Å². The van der Waals surface area contributed by atoms with E-state index in [1.807, 2.05) is 19.1 Å². The minimum Gasteiger partial charge on any atom is -0.479 e. The standard InChI is InChI=1S/C26H32F2N2O3/c1-18-4-2-5-20(12-18)15-30(16-22-6-3-11-32-22)17-25(26(31)29-14-19-7-8-19)33-21-9-10-23(27)24(28)13-21/h2,4-5,9-10,12-13,19,22,25H,3,6-8,11,14-17H2,1H3,(H,29,31). The molecule has 7 heteroatoms. The van der Waals surface area contributed by atoms with Crippen LogP contribution in [0, 0.1) is 24.5 Å². The number of halogens is 2. The molecule has 2 fully saturated rings. The number of rotatable bonds is 11. The van der Waals surface area contributed by atoms with Crippen LogP contribution in [0.4, 0.5) is 8.78 Å². The van der Waals surface area contributed by atoms with Crippen LogP contribution in [0.5, 0.6) is 5.75 Å². The molecule has 1 saturated carbocycles. The van der Waals surface area contributed by atoms with Crippen LogP contribution in [0.3, 0.4) is 0 Å². The SMILES string of the molecule is Cc1cccc(CN(CC2CCCO2)CC(Oc2ccc(F)c(F)c2)C(=O)NCC2CC2)c1. The summed E-state index contributed by atoms with van der Waals surface area (Å²) in [5, 5.41) is 2.97. The molecule has 0 aromatic heterocycles. The van der Waals surface area contributed by atoms with Crippen molar-refractivity contribution < 1.29 is 23.0 Å². The van der Waals surface area contributed by atoms with Gasteiger partial charge in [0.25, 0.3) is 5.91 Å². The Kier molecular flexibility index (Phi) is 7.93. The average Bonchev–Trinajstić information content (AvgIpc) is 3.48. The number of amides is 1. The molecule has 1 heterocycles. The molecule has 0 bridgehead atoms. The van der Waals surface area contributed by atoms with E-state index < -0.39 is 17.7 Å². The molecule has 33 heavy (non-hydrogen) atoms. The van der Waals surface area contributed by atoms with Gasteiger partial charge < -0.3 is 14.8 Å². The van der Waals surface area contributed by atoms with Crippen LogP contribution in [0.25, 0.3) is 0 Å². The molecule has 1 aliphatic carbocycles. The van der Waals surface area contributed by atoms with E-state index in [1.165, 1.54) is 11.6 Å². The first-order valence-electron chi connectivity index (χ1n) is 11.7. The van der Waals surface area contributed by atoms with Gasteiger partial charge in [-0.3, -0.25) is 9.69 Å². The topological polar surface area (TPSA) is 50.8 Å². The van der Waals surface area contributed by atoms with Crippen LogP contribution in [-0.2, 0) is 16.1 Å². The van der Waals surface area contributed by atoms with E-state index in [0.717, 1.165) is 50.0 Å². The van der Waals surface area contributed by atoms with Gasteiger partial charge in [0.2, 0.25) is 0 Å². The van der Waals surface area contributed by atoms with Gasteiger partial charge in [0.15, 0.2) is 17.7 Å². The number of hydrogen-bond acceptors (Lipinski definition) is 4. The van der Waals surface area contributed by atoms with E-state index in [1.54, 1.807) is 0 Å². The molecule has 2 aliphatic rings. The highest BCUT2D eigenvalue weighted by Crippen LogP contribution is 2.27. The monoisotopic (exact) mass is 458 g/mol. The number of hydrogen-bond donors (Lipinski definition) is 1. The first kappa shape index (κ1) is 23.6. The Labute approximate surface area is 194 Å². The number of carbonyl (C=O) groups is 1. The Morgan fingerprint density at radius 2 is 2.03 bits per heavy atom. The summed E-state index contributed by atoms with van der Waals surface area (Å²) < 4.78 is 38.9. The van der Waals surface area contributed by atoms with Crippen LogP contribution in [0.15, 0.2) is 42.5 Å². The molecule has 0 spiro atoms. The van der Waals surface area contributed by atoms with Crippen LogP contribution in [-0.4, -0.2) is 49.3 Å². The summed E-state index contributed by atoms with van der Waals surface area (Å²) in [6, 6.07) is 11.6. The second kappa shape index (κ2) is 11.1. The Morgan fingerprint density at radius 1 is 1.18 bits per heavy atom. The lowest BCUT2D eigenvalue weighted by molar-refractivity contribution is -0.129. The number of aryl methyl sites for hydroxylation is 1. The third kappa shape index (κ3) is 7.24. The summed E-state index contributed by atoms with van der Waals surface area (Å²) in [5.74, 6) is -1.54. The molecule has 178 valence electrons. The maximum Gasteiger partial charge on any atom is 0.262 e. The molecular weight excluding hydrogens is 426 g/mol. The molecule has 5 nitrogen and oxygen atoms in total. The Hall–Kier alpha value is -2.51. The van der Waals surface area contributed by atoms with E-state index in [0.29, 0.717) is 32.1 Å². The summed E-state index contributed by atoms with van der Waals surface area (Å²) in [6.45, 7) is 5.02. The van der Waals surface area contributed by atoms with E-state index in [-0.39, 0.29) is 17.8 Å². The van der Waals surface area contributed by atoms with Gasteiger partial charge in [-0.2, -0.15) is 0 Å². The first-order valence-corrected chi connectivity index (χ1v) is 11.7. The maximum absolute atomic E-state index is 13.8. The number of carbonyl (C=O) groups excluding carboxylic acids is 1. The number of nitrogens with one attached hydrogen (secondary N) is 1. The Morgan fingerprint density at radius 3 is 2.73 bits per heavy atom. The van der Waals surface area contributed by atoms with E-state index in [2.05, 4.69) is 22.3 Å². The molecule has 1 aliphatic heterocycles. The molecule has 2 atom stereocenters. The summed E-state index contributed by atoms with van der Waals surface area (Å²) >= 11 is 0. The molecule has 0 radical (unpaired) electrons. The van der Waals surface area contributed by atoms with Gasteiger partial charge in [-0.15, -0.1) is 0 Å². The second-order valence-electron chi connectivity index (χ2n) is 9.19. The Bertz CT molecular complexity index is 945. The molecule has 1 N–H and O–H groups in total. The average molecular weight is 459 g/mol. The molecule has 1 amide bonds. The predicted molar refractivity (Wildman–Crippen MR) is 122 cm³/mol. The van der Waals surface area contributed by atoms with Crippen molar-refractivity contribution in [3.63, 3.8) is 0 Å². The summed E-state index contributed by atoms with van der Waals surface area (Å²) in [5.41, 5.74) is 2.30. The van der Waals surface area contributed by atoms with Crippen LogP contribution in [0.1, 0.15) is 36.8 Å². The van der Waals surface area contributed by atoms with E-state index in [9.17, 15) is 13.6 Å². The molecular formula is C26H32F2N2O3. The van der Waals surface area contributed by atoms with Gasteiger partial charge in [0.05, 0.1) is 6.10 Å². The quantitative estimate of drug-likeness (QED) is 0.548. The third-order valence-corrected chi connectivity index (χ3v) is 6.12. The van der Waals surface area contributed by atoms with E-state index in [4.69, 9.17) is 9.47 Å². The zero-order valence-electron chi connectivity index (χ0n) is 19.1. The maximum atomic E-state index is 13.8. The lowest BCUT2D eigenvalue weighted by Gasteiger charge is -2.29. The van der Waals surface area contributed by atoms with Gasteiger partial charge >= 0.3 is 0 Å². The van der Waals surface area contributed by atoms with Crippen LogP contribution in [0.2, 0.25) is 0 Å². The molecule has 1 saturated heterocycles. The summed E-state index contributed by atoms with van der Waals surface area (Å²) in [4.78, 5) is 15.2. The van der Waals surface area contributed by atoms with Crippen molar-refractivity contribution in [2.45, 2.75) is 51.4 Å². The van der Waals surface area contributed by atoms with Gasteiger partial charge in [-0.25, -0.2) is 8.78 Å². The number of benzene rings is 2. The van der Waals surface area contributed by atoms with Gasteiger partial charge in [-0.05, 0) is 56.2 Å². The fourth-order valence-corrected chi connectivity index (χ4v) is 4.15. The smallest absolute Gasteiger partial charge is 0.262 e. The second-order valence-corrected chi connectivity index (χ2v) is 9.19. The van der Waals surface area contributed by atoms with Crippen molar-refractivity contribution in [3.05, 3.63) is 65.2 Å². The normalized spacial score (nSPS) is 19.0. The zero-order valence-corrected chi connectivity index (χ0v) is 19.1. The highest BCUT2D eigenvalue weighted by atomic mass is 19.2. The number of ether oxygens (including phenoxy) is 2. The summed E-state index contributed by atoms with van der Waals surface area (Å²) in [6.07, 6.45) is 3.49. The number of nitrogens with zero attached hydrogens (tertiary/aromatic N) is 1. The predicted octanol–water partition coefficient (Wildman–Crippen LogP) is 4.23. The van der Waals surface area contributed by atoms with Crippen molar-refractivity contribution in [1.29, 1.82) is 0 Å². The van der Waals surface area contributed by atoms with Crippen molar-refractivity contribution >= 4 is 5.91 Å². The minimum atomic E-state index is -0.999. The lowest BCUT2D eigenvalue weighted by atomic mass is 10.1. The van der Waals surface area contributed by atoms with Gasteiger partial charge in [-0.1, -0.05) is 29.8 Å². The van der Waals surface area contributed by atoms with E-state index >= 15 is 0 Å². The Balaban J connectivity index is 1.51. The van der Waals surface area contributed by atoms with Gasteiger partial charge in [0.1, 0.15) is 5.75 Å². The highest BCUT2D eigenvalue weighted by Gasteiger charge is 2.29. The molecule has 2 aromatic rings. The van der Waals surface area contributed by atoms with Gasteiger partial charge in [0, 0.05) is 38.9 Å². The highest BCUT2D eigenvalue weighted by molar-refractivity contribution is 5.81. The molecule has 2 unspecified atom stereocenters.